The minimum atomic E-state index is -0.475. The van der Waals surface area contributed by atoms with Crippen molar-refractivity contribution in [2.75, 3.05) is 5.73 Å². The Morgan fingerprint density at radius 2 is 1.88 bits per heavy atom. The summed E-state index contributed by atoms with van der Waals surface area (Å²) in [5.41, 5.74) is 8.88. The highest BCUT2D eigenvalue weighted by molar-refractivity contribution is 6.30. The van der Waals surface area contributed by atoms with E-state index in [1.165, 1.54) is 0 Å². The van der Waals surface area contributed by atoms with Gasteiger partial charge in [-0.15, -0.1) is 0 Å². The number of nitrogen functional groups attached to an aromatic ring is 1. The summed E-state index contributed by atoms with van der Waals surface area (Å²) in [4.78, 5) is 8.52. The summed E-state index contributed by atoms with van der Waals surface area (Å²) in [5, 5.41) is 12.8. The van der Waals surface area contributed by atoms with Crippen LogP contribution in [0.15, 0.2) is 76.4 Å². The molecule has 0 saturated carbocycles. The Morgan fingerprint density at radius 3 is 2.68 bits per heavy atom. The van der Waals surface area contributed by atoms with Crippen molar-refractivity contribution < 1.29 is 4.70 Å². The maximum absolute atomic E-state index is 6.13. The largest absolute Gasteiger partial charge is 0.368 e. The van der Waals surface area contributed by atoms with Gasteiger partial charge < -0.3 is 5.73 Å². The second-order valence-electron chi connectivity index (χ2n) is 5.39. The first-order chi connectivity index (χ1) is 12.2. The van der Waals surface area contributed by atoms with E-state index >= 15 is 0 Å². The van der Waals surface area contributed by atoms with Crippen molar-refractivity contribution in [3.05, 3.63) is 71.4 Å². The van der Waals surface area contributed by atoms with Gasteiger partial charge in [-0.2, -0.15) is 0 Å². The lowest BCUT2D eigenvalue weighted by atomic mass is 10.1. The molecule has 7 nitrogen and oxygen atoms in total. The highest BCUT2D eigenvalue weighted by atomic mass is 35.5. The first-order valence-corrected chi connectivity index (χ1v) is 7.93. The van der Waals surface area contributed by atoms with Crippen LogP contribution in [0.3, 0.4) is 0 Å². The molecule has 3 aromatic rings. The molecular weight excluding hydrogens is 338 g/mol. The molecule has 0 fully saturated rings. The fourth-order valence-corrected chi connectivity index (χ4v) is 2.83. The molecule has 0 aliphatic carbocycles. The number of hydrogen-bond acceptors (Lipinski definition) is 6. The molecule has 1 unspecified atom stereocenters. The van der Waals surface area contributed by atoms with Crippen LogP contribution in [0, 0.1) is 0 Å². The zero-order valence-electron chi connectivity index (χ0n) is 13.0. The third-order valence-corrected chi connectivity index (χ3v) is 4.00. The summed E-state index contributed by atoms with van der Waals surface area (Å²) in [7, 11) is 0. The van der Waals surface area contributed by atoms with Crippen LogP contribution >= 0.6 is 11.6 Å². The van der Waals surface area contributed by atoms with Crippen molar-refractivity contribution in [2.45, 2.75) is 6.17 Å². The van der Waals surface area contributed by atoms with E-state index in [4.69, 9.17) is 17.3 Å². The lowest BCUT2D eigenvalue weighted by Gasteiger charge is -2.12. The third-order valence-electron chi connectivity index (χ3n) is 3.76. The summed E-state index contributed by atoms with van der Waals surface area (Å²) in [6.07, 6.45) is 1.18. The molecule has 4 rings (SSSR count). The topological polar surface area (TPSA) is 91.9 Å². The molecule has 0 spiro atoms. The molecule has 1 aliphatic rings. The Morgan fingerprint density at radius 1 is 1.04 bits per heavy atom. The van der Waals surface area contributed by atoms with E-state index in [2.05, 4.69) is 25.5 Å². The first kappa shape index (κ1) is 15.3. The fourth-order valence-electron chi connectivity index (χ4n) is 2.64. The van der Waals surface area contributed by atoms with Crippen LogP contribution in [0.2, 0.25) is 5.02 Å². The average molecular weight is 351 g/mol. The number of aromatic nitrogens is 2. The van der Waals surface area contributed by atoms with Crippen molar-refractivity contribution >= 4 is 23.2 Å². The molecule has 8 heteroatoms. The Kier molecular flexibility index (Phi) is 3.91. The Bertz CT molecular complexity index is 985. The van der Waals surface area contributed by atoms with Crippen molar-refractivity contribution in [3.63, 3.8) is 0 Å². The second kappa shape index (κ2) is 6.37. The highest BCUT2D eigenvalue weighted by Gasteiger charge is 2.33. The summed E-state index contributed by atoms with van der Waals surface area (Å²) in [6.45, 7) is 0. The van der Waals surface area contributed by atoms with Crippen molar-refractivity contribution in [1.82, 2.24) is 9.97 Å². The minimum absolute atomic E-state index is 0.178. The van der Waals surface area contributed by atoms with Crippen LogP contribution in [0.5, 0.6) is 0 Å². The fraction of sp³-hybridized carbons (Fsp3) is 0.0588. The van der Waals surface area contributed by atoms with Gasteiger partial charge in [-0.3, -0.25) is 0 Å². The number of nitrogens with zero attached hydrogens (tertiary/aromatic N) is 6. The molecule has 0 amide bonds. The maximum atomic E-state index is 6.13. The van der Waals surface area contributed by atoms with Crippen LogP contribution in [0.25, 0.3) is 11.3 Å². The van der Waals surface area contributed by atoms with E-state index in [0.717, 1.165) is 16.8 Å². The third kappa shape index (κ3) is 2.97. The van der Waals surface area contributed by atoms with Gasteiger partial charge in [-0.1, -0.05) is 46.6 Å². The number of halogens is 1. The summed E-state index contributed by atoms with van der Waals surface area (Å²) < 4.78 is 1.71. The predicted octanol–water partition coefficient (Wildman–Crippen LogP) is 4.56. The monoisotopic (exact) mass is 350 g/mol. The van der Waals surface area contributed by atoms with E-state index in [-0.39, 0.29) is 5.95 Å². The lowest BCUT2D eigenvalue weighted by molar-refractivity contribution is -0.547. The first-order valence-electron chi connectivity index (χ1n) is 7.56. The van der Waals surface area contributed by atoms with Gasteiger partial charge in [0.15, 0.2) is 10.9 Å². The number of benzene rings is 2. The summed E-state index contributed by atoms with van der Waals surface area (Å²) in [5.74, 6) is 0.178. The molecule has 122 valence electrons. The summed E-state index contributed by atoms with van der Waals surface area (Å²) in [6, 6.07) is 17.1. The smallest absolute Gasteiger partial charge is 0.287 e. The molecule has 0 radical (unpaired) electrons. The lowest BCUT2D eigenvalue weighted by Crippen LogP contribution is -2.11. The van der Waals surface area contributed by atoms with Crippen molar-refractivity contribution in [3.8, 4) is 11.3 Å². The van der Waals surface area contributed by atoms with Gasteiger partial charge in [-0.25, -0.2) is 9.97 Å². The Hall–Kier alpha value is -3.19. The van der Waals surface area contributed by atoms with Gasteiger partial charge in [0.05, 0.1) is 11.3 Å². The SMILES string of the molecule is Nc1ncc(C2N=NN=[N+]2c2ccccc2)c(-c2cccc(Cl)c2)n1. The average Bonchev–Trinajstić information content (AvgIpc) is 3.12. The van der Waals surface area contributed by atoms with Crippen LogP contribution in [0.1, 0.15) is 11.7 Å². The van der Waals surface area contributed by atoms with Crippen LogP contribution in [-0.2, 0) is 0 Å². The van der Waals surface area contributed by atoms with E-state index in [1.54, 1.807) is 17.0 Å². The van der Waals surface area contributed by atoms with Crippen LogP contribution in [0.4, 0.5) is 11.6 Å². The van der Waals surface area contributed by atoms with Crippen LogP contribution < -0.4 is 5.73 Å². The molecule has 0 bridgehead atoms. The van der Waals surface area contributed by atoms with E-state index in [9.17, 15) is 0 Å². The molecule has 0 saturated heterocycles. The molecule has 25 heavy (non-hydrogen) atoms. The predicted molar refractivity (Wildman–Crippen MR) is 93.3 cm³/mol. The standard InChI is InChI=1S/C17H13ClN7/c18-12-6-4-5-11(9-12)15-14(10-20-17(19)21-15)16-22-23-24-25(16)13-7-2-1-3-8-13/h1-10,16H,(H2,19,20,21)/q+1. The van der Waals surface area contributed by atoms with Gasteiger partial charge >= 0.3 is 0 Å². The van der Waals surface area contributed by atoms with Gasteiger partial charge in [0.1, 0.15) is 0 Å². The number of hydrogen-bond donors (Lipinski definition) is 1. The number of anilines is 1. The number of para-hydroxylation sites is 1. The van der Waals surface area contributed by atoms with E-state index in [1.807, 2.05) is 48.5 Å². The van der Waals surface area contributed by atoms with Gasteiger partial charge in [-0.05, 0) is 24.3 Å². The van der Waals surface area contributed by atoms with Crippen molar-refractivity contribution in [1.29, 1.82) is 0 Å². The second-order valence-corrected chi connectivity index (χ2v) is 5.83. The molecule has 2 heterocycles. The van der Waals surface area contributed by atoms with Crippen LogP contribution in [-0.4, -0.2) is 14.7 Å². The molecule has 2 aromatic carbocycles. The molecular formula is C17H13ClN7+. The minimum Gasteiger partial charge on any atom is -0.368 e. The zero-order valence-corrected chi connectivity index (χ0v) is 13.7. The van der Waals surface area contributed by atoms with E-state index in [0.29, 0.717) is 10.7 Å². The molecule has 1 atom stereocenters. The summed E-state index contributed by atoms with van der Waals surface area (Å²) >= 11 is 6.13. The Balaban J connectivity index is 1.83. The van der Waals surface area contributed by atoms with Crippen molar-refractivity contribution in [2.24, 2.45) is 15.6 Å². The molecule has 2 N–H and O–H groups in total. The molecule has 1 aliphatic heterocycles. The van der Waals surface area contributed by atoms with Gasteiger partial charge in [0.2, 0.25) is 11.2 Å². The zero-order chi connectivity index (χ0) is 17.2. The maximum Gasteiger partial charge on any atom is 0.287 e. The van der Waals surface area contributed by atoms with Gasteiger partial charge in [0.25, 0.3) is 6.17 Å². The quantitative estimate of drug-likeness (QED) is 0.702. The number of nitrogens with two attached hydrogens (primary N) is 1. The Labute approximate surface area is 148 Å². The van der Waals surface area contributed by atoms with E-state index < -0.39 is 6.17 Å². The highest BCUT2D eigenvalue weighted by Crippen LogP contribution is 2.36. The molecule has 1 aromatic heterocycles. The normalized spacial score (nSPS) is 16.0. The van der Waals surface area contributed by atoms with Gasteiger partial charge in [0, 0.05) is 21.9 Å². The number of rotatable bonds is 3.